The van der Waals surface area contributed by atoms with Crippen LogP contribution < -0.4 is 0 Å². The fourth-order valence-corrected chi connectivity index (χ4v) is 2.90. The molecule has 0 saturated carbocycles. The van der Waals surface area contributed by atoms with Gasteiger partial charge >= 0.3 is 0 Å². The van der Waals surface area contributed by atoms with Gasteiger partial charge in [-0.1, -0.05) is 0 Å². The Bertz CT molecular complexity index is 722. The van der Waals surface area contributed by atoms with Crippen LogP contribution in [0.4, 0.5) is 8.78 Å². The van der Waals surface area contributed by atoms with Crippen LogP contribution in [0.15, 0.2) is 29.0 Å². The highest BCUT2D eigenvalue weighted by Crippen LogP contribution is 2.23. The number of hydrogen-bond donors (Lipinski definition) is 0. The smallest absolute Gasteiger partial charge is 0.153 e. The highest BCUT2D eigenvalue weighted by molar-refractivity contribution is 7.07. The minimum absolute atomic E-state index is 0.153. The fourth-order valence-electron chi connectivity index (χ4n) is 2.04. The van der Waals surface area contributed by atoms with Crippen molar-refractivity contribution in [1.29, 1.82) is 0 Å². The number of aromatic nitrogens is 2. The van der Waals surface area contributed by atoms with Crippen molar-refractivity contribution in [3.05, 3.63) is 52.0 Å². The molecule has 0 spiro atoms. The second-order valence-electron chi connectivity index (χ2n) is 4.13. The van der Waals surface area contributed by atoms with Gasteiger partial charge in [-0.25, -0.2) is 13.8 Å². The Morgan fingerprint density at radius 2 is 2.16 bits per heavy atom. The first-order chi connectivity index (χ1) is 9.19. The maximum Gasteiger partial charge on any atom is 0.153 e. The average Bonchev–Trinajstić information content (AvgIpc) is 2.99. The topological polar surface area (TPSA) is 17.8 Å². The Kier molecular flexibility index (Phi) is 3.24. The van der Waals surface area contributed by atoms with E-state index in [1.54, 1.807) is 15.9 Å². The molecule has 0 aliphatic rings. The van der Waals surface area contributed by atoms with Crippen LogP contribution in [0.1, 0.15) is 11.4 Å². The second-order valence-corrected chi connectivity index (χ2v) is 5.18. The zero-order valence-electron chi connectivity index (χ0n) is 9.74. The van der Waals surface area contributed by atoms with Crippen molar-refractivity contribution in [2.45, 2.75) is 12.4 Å². The van der Waals surface area contributed by atoms with Gasteiger partial charge in [-0.15, -0.1) is 11.6 Å². The lowest BCUT2D eigenvalue weighted by molar-refractivity contribution is 0.590. The molecule has 3 rings (SSSR count). The van der Waals surface area contributed by atoms with Gasteiger partial charge in [0.25, 0.3) is 0 Å². The molecule has 3 aromatic rings. The number of halogens is 3. The van der Waals surface area contributed by atoms with E-state index in [0.717, 1.165) is 11.6 Å². The predicted molar refractivity (Wildman–Crippen MR) is 72.6 cm³/mol. The number of fused-ring (bicyclic) bond motifs is 1. The van der Waals surface area contributed by atoms with E-state index in [2.05, 4.69) is 4.98 Å². The molecule has 0 radical (unpaired) electrons. The van der Waals surface area contributed by atoms with Crippen molar-refractivity contribution in [3.8, 4) is 0 Å². The van der Waals surface area contributed by atoms with Crippen LogP contribution in [-0.2, 0) is 12.4 Å². The molecular weight excluding hydrogens is 290 g/mol. The summed E-state index contributed by atoms with van der Waals surface area (Å²) in [5.41, 5.74) is 1.65. The Balaban J connectivity index is 2.20. The minimum Gasteiger partial charge on any atom is -0.322 e. The number of rotatable bonds is 3. The maximum absolute atomic E-state index is 13.7. The van der Waals surface area contributed by atoms with Crippen LogP contribution in [0.5, 0.6) is 0 Å². The quantitative estimate of drug-likeness (QED) is 0.664. The van der Waals surface area contributed by atoms with Gasteiger partial charge in [-0.3, -0.25) is 0 Å². The monoisotopic (exact) mass is 298 g/mol. The molecule has 0 saturated heterocycles. The van der Waals surface area contributed by atoms with Crippen molar-refractivity contribution in [3.63, 3.8) is 0 Å². The fraction of sp³-hybridized carbons (Fsp3) is 0.154. The summed E-state index contributed by atoms with van der Waals surface area (Å²) < 4.78 is 28.8. The third-order valence-electron chi connectivity index (χ3n) is 2.89. The van der Waals surface area contributed by atoms with E-state index in [1.807, 2.05) is 16.8 Å². The van der Waals surface area contributed by atoms with Gasteiger partial charge < -0.3 is 4.57 Å². The van der Waals surface area contributed by atoms with Crippen LogP contribution in [0, 0.1) is 11.6 Å². The van der Waals surface area contributed by atoms with E-state index < -0.39 is 11.6 Å². The van der Waals surface area contributed by atoms with E-state index in [4.69, 9.17) is 11.6 Å². The Morgan fingerprint density at radius 1 is 1.32 bits per heavy atom. The summed E-state index contributed by atoms with van der Waals surface area (Å²) in [6.45, 7) is 0.505. The number of nitrogens with zero attached hydrogens (tertiary/aromatic N) is 2. The Morgan fingerprint density at radius 3 is 2.84 bits per heavy atom. The highest BCUT2D eigenvalue weighted by Gasteiger charge is 2.15. The van der Waals surface area contributed by atoms with Crippen molar-refractivity contribution >= 4 is 34.0 Å². The third-order valence-corrected chi connectivity index (χ3v) is 3.86. The Hall–Kier alpha value is -1.46. The lowest BCUT2D eigenvalue weighted by Crippen LogP contribution is -2.03. The maximum atomic E-state index is 13.7. The van der Waals surface area contributed by atoms with Crippen LogP contribution >= 0.6 is 22.9 Å². The van der Waals surface area contributed by atoms with Crippen molar-refractivity contribution in [1.82, 2.24) is 9.55 Å². The summed E-state index contributed by atoms with van der Waals surface area (Å²) in [6, 6.07) is 4.08. The molecule has 2 heterocycles. The molecule has 19 heavy (non-hydrogen) atoms. The molecule has 0 N–H and O–H groups in total. The average molecular weight is 299 g/mol. The largest absolute Gasteiger partial charge is 0.322 e. The van der Waals surface area contributed by atoms with Gasteiger partial charge in [-0.2, -0.15) is 11.3 Å². The summed E-state index contributed by atoms with van der Waals surface area (Å²) in [6.07, 6.45) is 0. The van der Waals surface area contributed by atoms with Crippen LogP contribution in [-0.4, -0.2) is 9.55 Å². The van der Waals surface area contributed by atoms with E-state index >= 15 is 0 Å². The number of hydrogen-bond acceptors (Lipinski definition) is 2. The van der Waals surface area contributed by atoms with E-state index in [0.29, 0.717) is 17.9 Å². The summed E-state index contributed by atoms with van der Waals surface area (Å²) in [5, 5.41) is 3.94. The third kappa shape index (κ3) is 2.24. The number of imidazole rings is 1. The normalized spacial score (nSPS) is 11.3. The van der Waals surface area contributed by atoms with Crippen LogP contribution in [0.2, 0.25) is 0 Å². The first kappa shape index (κ1) is 12.6. The van der Waals surface area contributed by atoms with Gasteiger partial charge in [0.1, 0.15) is 17.2 Å². The number of benzene rings is 1. The van der Waals surface area contributed by atoms with Gasteiger partial charge in [0, 0.05) is 6.07 Å². The molecule has 98 valence electrons. The highest BCUT2D eigenvalue weighted by atomic mass is 35.5. The lowest BCUT2D eigenvalue weighted by Gasteiger charge is -2.06. The molecule has 2 nitrogen and oxygen atoms in total. The summed E-state index contributed by atoms with van der Waals surface area (Å²) >= 11 is 7.41. The first-order valence-corrected chi connectivity index (χ1v) is 7.08. The molecule has 0 bridgehead atoms. The lowest BCUT2D eigenvalue weighted by atomic mass is 10.2. The zero-order valence-corrected chi connectivity index (χ0v) is 11.3. The number of thiophene rings is 1. The van der Waals surface area contributed by atoms with E-state index in [9.17, 15) is 8.78 Å². The molecule has 1 aromatic carbocycles. The molecule has 2 aromatic heterocycles. The van der Waals surface area contributed by atoms with Crippen LogP contribution in [0.25, 0.3) is 11.0 Å². The Labute approximate surface area is 117 Å². The second kappa shape index (κ2) is 4.90. The van der Waals surface area contributed by atoms with Crippen molar-refractivity contribution in [2.75, 3.05) is 0 Å². The summed E-state index contributed by atoms with van der Waals surface area (Å²) in [5.74, 6) is -0.588. The van der Waals surface area contributed by atoms with Crippen molar-refractivity contribution < 1.29 is 8.78 Å². The van der Waals surface area contributed by atoms with E-state index in [-0.39, 0.29) is 11.4 Å². The van der Waals surface area contributed by atoms with Crippen LogP contribution in [0.3, 0.4) is 0 Å². The van der Waals surface area contributed by atoms with E-state index in [1.165, 1.54) is 6.07 Å². The molecule has 0 amide bonds. The molecule has 0 aliphatic heterocycles. The van der Waals surface area contributed by atoms with Gasteiger partial charge in [0.05, 0.1) is 17.9 Å². The van der Waals surface area contributed by atoms with Gasteiger partial charge in [0.2, 0.25) is 0 Å². The van der Waals surface area contributed by atoms with Gasteiger partial charge in [-0.05, 0) is 28.5 Å². The molecular formula is C13H9ClF2N2S. The molecule has 6 heteroatoms. The SMILES string of the molecule is Fc1cc(F)c2nc(CCl)n(Cc3ccsc3)c2c1. The predicted octanol–water partition coefficient (Wildman–Crippen LogP) is 4.16. The summed E-state index contributed by atoms with van der Waals surface area (Å²) in [7, 11) is 0. The molecule has 0 unspecified atom stereocenters. The standard InChI is InChI=1S/C13H9ClF2N2S/c14-5-12-17-13-10(16)3-9(15)4-11(13)18(12)6-8-1-2-19-7-8/h1-4,7H,5-6H2. The van der Waals surface area contributed by atoms with Crippen molar-refractivity contribution in [2.24, 2.45) is 0 Å². The summed E-state index contributed by atoms with van der Waals surface area (Å²) in [4.78, 5) is 4.15. The van der Waals surface area contributed by atoms with Gasteiger partial charge in [0.15, 0.2) is 5.82 Å². The molecule has 0 atom stereocenters. The first-order valence-electron chi connectivity index (χ1n) is 5.60. The molecule has 0 fully saturated rings. The number of alkyl halides is 1. The minimum atomic E-state index is -0.662. The molecule has 0 aliphatic carbocycles. The zero-order chi connectivity index (χ0) is 13.4.